The number of fused-ring (bicyclic) bond motifs is 1. The first-order valence-corrected chi connectivity index (χ1v) is 11.4. The quantitative estimate of drug-likeness (QED) is 0.383. The molecule has 4 heterocycles. The number of aromatic amines is 1. The van der Waals surface area contributed by atoms with E-state index in [4.69, 9.17) is 9.72 Å². The van der Waals surface area contributed by atoms with Gasteiger partial charge in [-0.1, -0.05) is 27.2 Å². The van der Waals surface area contributed by atoms with Crippen molar-refractivity contribution in [3.05, 3.63) is 40.1 Å². The summed E-state index contributed by atoms with van der Waals surface area (Å²) in [6.45, 7) is 9.69. The maximum atomic E-state index is 12.8. The van der Waals surface area contributed by atoms with Gasteiger partial charge in [0, 0.05) is 43.2 Å². The molecule has 1 fully saturated rings. The number of hydrogen-bond donors (Lipinski definition) is 1. The van der Waals surface area contributed by atoms with Gasteiger partial charge in [-0.25, -0.2) is 4.98 Å². The van der Waals surface area contributed by atoms with E-state index in [1.807, 2.05) is 11.6 Å². The molecule has 0 spiro atoms. The fourth-order valence-corrected chi connectivity index (χ4v) is 3.98. The lowest BCUT2D eigenvalue weighted by molar-refractivity contribution is 0.0754. The van der Waals surface area contributed by atoms with Crippen molar-refractivity contribution in [3.63, 3.8) is 0 Å². The zero-order valence-corrected chi connectivity index (χ0v) is 18.9. The summed E-state index contributed by atoms with van der Waals surface area (Å²) in [5, 5.41) is 4.60. The number of unbranched alkanes of at least 4 members (excludes halogenated alkanes) is 1. The molecule has 1 aliphatic heterocycles. The lowest BCUT2D eigenvalue weighted by Crippen LogP contribution is -2.48. The molecule has 0 atom stereocenters. The molecule has 9 nitrogen and oxygen atoms in total. The van der Waals surface area contributed by atoms with Crippen LogP contribution in [0.3, 0.4) is 0 Å². The number of ether oxygens (including phenoxy) is 1. The van der Waals surface area contributed by atoms with E-state index in [9.17, 15) is 9.59 Å². The topological polar surface area (TPSA) is 106 Å². The molecule has 0 amide bonds. The van der Waals surface area contributed by atoms with Gasteiger partial charge in [0.15, 0.2) is 11.3 Å². The van der Waals surface area contributed by atoms with Crippen molar-refractivity contribution in [2.75, 3.05) is 32.8 Å². The zero-order chi connectivity index (χ0) is 22.7. The van der Waals surface area contributed by atoms with Gasteiger partial charge in [0.1, 0.15) is 17.9 Å². The number of Topliss-reactive ketones (excluding diaryl/α,β-unsaturated/α-hetero) is 1. The first kappa shape index (κ1) is 22.3. The van der Waals surface area contributed by atoms with Crippen LogP contribution in [0.1, 0.15) is 55.7 Å². The van der Waals surface area contributed by atoms with Crippen LogP contribution in [0.5, 0.6) is 0 Å². The molecule has 0 aliphatic carbocycles. The maximum absolute atomic E-state index is 12.8. The van der Waals surface area contributed by atoms with Crippen LogP contribution in [0.15, 0.2) is 23.3 Å². The molecular weight excluding hydrogens is 408 g/mol. The van der Waals surface area contributed by atoms with Crippen molar-refractivity contribution in [2.24, 2.45) is 0 Å². The second-order valence-electron chi connectivity index (χ2n) is 8.15. The molecule has 9 heteroatoms. The summed E-state index contributed by atoms with van der Waals surface area (Å²) in [5.74, 6) is 0.237. The largest absolute Gasteiger partial charge is 0.373 e. The number of aryl methyl sites for hydroxylation is 1. The zero-order valence-electron chi connectivity index (χ0n) is 18.9. The number of likely N-dealkylation sites (tertiary alicyclic amines) is 1. The summed E-state index contributed by atoms with van der Waals surface area (Å²) in [6.07, 6.45) is 5.76. The van der Waals surface area contributed by atoms with Crippen molar-refractivity contribution in [3.8, 4) is 11.4 Å². The van der Waals surface area contributed by atoms with Crippen molar-refractivity contribution < 1.29 is 9.53 Å². The third kappa shape index (κ3) is 4.35. The van der Waals surface area contributed by atoms with Gasteiger partial charge in [0.2, 0.25) is 0 Å². The lowest BCUT2D eigenvalue weighted by Gasteiger charge is -2.39. The summed E-state index contributed by atoms with van der Waals surface area (Å²) < 4.78 is 7.40. The average molecular weight is 439 g/mol. The van der Waals surface area contributed by atoms with Crippen LogP contribution >= 0.6 is 0 Å². The third-order valence-electron chi connectivity index (χ3n) is 5.93. The molecule has 3 aromatic heterocycles. The predicted molar refractivity (Wildman–Crippen MR) is 122 cm³/mol. The van der Waals surface area contributed by atoms with Crippen molar-refractivity contribution in [1.82, 2.24) is 29.6 Å². The number of pyridine rings is 1. The van der Waals surface area contributed by atoms with Gasteiger partial charge in [-0.15, -0.1) is 0 Å². The molecule has 3 aromatic rings. The molecule has 1 N–H and O–H groups in total. The molecule has 0 saturated carbocycles. The Morgan fingerprint density at radius 1 is 1.22 bits per heavy atom. The van der Waals surface area contributed by atoms with Crippen LogP contribution in [-0.2, 0) is 11.2 Å². The fraction of sp³-hybridized carbons (Fsp3) is 0.522. The van der Waals surface area contributed by atoms with E-state index in [1.165, 1.54) is 6.20 Å². The van der Waals surface area contributed by atoms with Crippen LogP contribution in [0, 0.1) is 0 Å². The summed E-state index contributed by atoms with van der Waals surface area (Å²) >= 11 is 0. The van der Waals surface area contributed by atoms with Crippen LogP contribution in [0.4, 0.5) is 0 Å². The number of carbonyl (C=O) groups excluding carboxylic acids is 1. The molecular formula is C23H30N6O3. The Labute approximate surface area is 186 Å². The van der Waals surface area contributed by atoms with E-state index in [-0.39, 0.29) is 24.0 Å². The molecule has 4 rings (SSSR count). The standard InChI is InChI=1S/C23H30N6O3/c1-4-7-8-32-14-19(30)15-9-16(11-24-10-15)22-25-20-18(5-2)29(17-12-28(6-3)13-17)27-21(20)23(31)26-22/h9-11,17H,4-8,12-14H2,1-3H3,(H,25,26,31). The normalized spacial score (nSPS) is 14.7. The van der Waals surface area contributed by atoms with E-state index >= 15 is 0 Å². The number of nitrogens with one attached hydrogen (secondary N) is 1. The average Bonchev–Trinajstić information content (AvgIpc) is 3.14. The molecule has 0 radical (unpaired) electrons. The summed E-state index contributed by atoms with van der Waals surface area (Å²) in [6, 6.07) is 1.96. The predicted octanol–water partition coefficient (Wildman–Crippen LogP) is 2.62. The SMILES string of the molecule is CCCCOCC(=O)c1cncc(-c2nc3c(CC)n(C4CN(CC)C4)nc3c(=O)[nH]2)c1. The third-order valence-corrected chi connectivity index (χ3v) is 5.93. The minimum absolute atomic E-state index is 0.0109. The van der Waals surface area contributed by atoms with Crippen molar-refractivity contribution in [2.45, 2.75) is 46.1 Å². The fourth-order valence-electron chi connectivity index (χ4n) is 3.98. The Morgan fingerprint density at radius 2 is 2.03 bits per heavy atom. The Morgan fingerprint density at radius 3 is 2.75 bits per heavy atom. The summed E-state index contributed by atoms with van der Waals surface area (Å²) in [4.78, 5) is 39.4. The number of H-pyrrole nitrogens is 1. The van der Waals surface area contributed by atoms with Crippen molar-refractivity contribution >= 4 is 16.8 Å². The van der Waals surface area contributed by atoms with Crippen LogP contribution in [0.2, 0.25) is 0 Å². The monoisotopic (exact) mass is 438 g/mol. The van der Waals surface area contributed by atoms with E-state index in [0.717, 1.165) is 44.6 Å². The Hall–Kier alpha value is -2.91. The van der Waals surface area contributed by atoms with Gasteiger partial charge in [0.25, 0.3) is 5.56 Å². The van der Waals surface area contributed by atoms with Crippen molar-refractivity contribution in [1.29, 1.82) is 0 Å². The minimum atomic E-state index is -0.287. The molecule has 0 bridgehead atoms. The number of hydrogen-bond acceptors (Lipinski definition) is 7. The van der Waals surface area contributed by atoms with Crippen LogP contribution < -0.4 is 5.56 Å². The maximum Gasteiger partial charge on any atom is 0.279 e. The van der Waals surface area contributed by atoms with E-state index in [0.29, 0.717) is 34.6 Å². The van der Waals surface area contributed by atoms with Gasteiger partial charge in [-0.2, -0.15) is 5.10 Å². The minimum Gasteiger partial charge on any atom is -0.373 e. The van der Waals surface area contributed by atoms with E-state index < -0.39 is 0 Å². The number of ketones is 1. The number of nitrogens with zero attached hydrogens (tertiary/aromatic N) is 5. The Balaban J connectivity index is 1.64. The lowest BCUT2D eigenvalue weighted by atomic mass is 10.1. The van der Waals surface area contributed by atoms with Gasteiger partial charge in [-0.05, 0) is 25.5 Å². The smallest absolute Gasteiger partial charge is 0.279 e. The number of carbonyl (C=O) groups is 1. The summed E-state index contributed by atoms with van der Waals surface area (Å²) in [7, 11) is 0. The Bertz CT molecular complexity index is 1160. The van der Waals surface area contributed by atoms with Gasteiger partial charge >= 0.3 is 0 Å². The second kappa shape index (κ2) is 9.70. The number of rotatable bonds is 10. The molecule has 1 saturated heterocycles. The van der Waals surface area contributed by atoms with Gasteiger partial charge in [-0.3, -0.25) is 24.2 Å². The number of likely N-dealkylation sites (N-methyl/N-ethyl adjacent to an activating group) is 1. The highest BCUT2D eigenvalue weighted by Crippen LogP contribution is 2.26. The Kier molecular flexibility index (Phi) is 6.76. The summed E-state index contributed by atoms with van der Waals surface area (Å²) in [5.41, 5.74) is 2.65. The molecule has 1 aliphatic rings. The highest BCUT2D eigenvalue weighted by atomic mass is 16.5. The van der Waals surface area contributed by atoms with Gasteiger partial charge in [0.05, 0.1) is 11.7 Å². The highest BCUT2D eigenvalue weighted by molar-refractivity contribution is 5.97. The molecule has 0 unspecified atom stereocenters. The second-order valence-corrected chi connectivity index (χ2v) is 8.15. The molecule has 32 heavy (non-hydrogen) atoms. The first-order valence-electron chi connectivity index (χ1n) is 11.4. The molecule has 170 valence electrons. The van der Waals surface area contributed by atoms with Crippen LogP contribution in [0.25, 0.3) is 22.4 Å². The first-order chi connectivity index (χ1) is 15.5. The highest BCUT2D eigenvalue weighted by Gasteiger charge is 2.30. The van der Waals surface area contributed by atoms with Gasteiger partial charge < -0.3 is 9.72 Å². The van der Waals surface area contributed by atoms with Crippen LogP contribution in [-0.4, -0.2) is 68.3 Å². The number of aromatic nitrogens is 5. The van der Waals surface area contributed by atoms with E-state index in [2.05, 4.69) is 33.8 Å². The molecule has 0 aromatic carbocycles. The van der Waals surface area contributed by atoms with E-state index in [1.54, 1.807) is 12.3 Å².